The summed E-state index contributed by atoms with van der Waals surface area (Å²) in [6.45, 7) is 13.7. The molecule has 0 saturated heterocycles. The van der Waals surface area contributed by atoms with Gasteiger partial charge in [-0.05, 0) is 37.0 Å². The SMILES string of the molecule is CCCCC(CC)COC(=O)CC(CC(=O)OCC(CC)CCCC)C(=O)OCC(CC)CCCC. The van der Waals surface area contributed by atoms with Crippen LogP contribution >= 0.6 is 0 Å². The smallest absolute Gasteiger partial charge is 0.310 e. The van der Waals surface area contributed by atoms with Crippen molar-refractivity contribution in [1.82, 2.24) is 0 Å². The van der Waals surface area contributed by atoms with Gasteiger partial charge in [-0.25, -0.2) is 0 Å². The van der Waals surface area contributed by atoms with E-state index >= 15 is 0 Å². The van der Waals surface area contributed by atoms with Gasteiger partial charge in [0.05, 0.1) is 38.6 Å². The molecule has 0 spiro atoms. The van der Waals surface area contributed by atoms with Gasteiger partial charge in [0.15, 0.2) is 0 Å². The van der Waals surface area contributed by atoms with Crippen LogP contribution in [0, 0.1) is 23.7 Å². The van der Waals surface area contributed by atoms with E-state index in [-0.39, 0.29) is 12.8 Å². The third-order valence-electron chi connectivity index (χ3n) is 7.21. The Labute approximate surface area is 221 Å². The van der Waals surface area contributed by atoms with Crippen LogP contribution in [0.15, 0.2) is 0 Å². The zero-order valence-corrected chi connectivity index (χ0v) is 24.3. The van der Waals surface area contributed by atoms with Gasteiger partial charge in [-0.2, -0.15) is 0 Å². The highest BCUT2D eigenvalue weighted by molar-refractivity contribution is 5.84. The second-order valence-corrected chi connectivity index (χ2v) is 10.4. The minimum atomic E-state index is -0.875. The lowest BCUT2D eigenvalue weighted by molar-refractivity contribution is -0.161. The number of carbonyl (C=O) groups excluding carboxylic acids is 3. The van der Waals surface area contributed by atoms with Gasteiger partial charge in [0.25, 0.3) is 0 Å². The first-order valence-electron chi connectivity index (χ1n) is 14.8. The molecule has 0 fully saturated rings. The maximum atomic E-state index is 12.9. The van der Waals surface area contributed by atoms with Crippen molar-refractivity contribution >= 4 is 17.9 Å². The molecule has 3 unspecified atom stereocenters. The van der Waals surface area contributed by atoms with E-state index in [1.807, 2.05) is 0 Å². The highest BCUT2D eigenvalue weighted by atomic mass is 16.5. The van der Waals surface area contributed by atoms with E-state index in [9.17, 15) is 14.4 Å². The van der Waals surface area contributed by atoms with Gasteiger partial charge in [0.2, 0.25) is 0 Å². The summed E-state index contributed by atoms with van der Waals surface area (Å²) in [5, 5.41) is 0. The Morgan fingerprint density at radius 3 is 1.17 bits per heavy atom. The maximum absolute atomic E-state index is 12.9. The number of ether oxygens (including phenoxy) is 3. The standard InChI is InChI=1S/C30H56O6/c1-7-13-16-24(10-4)21-34-28(31)19-27(30(33)36-23-26(12-6)18-15-9-3)20-29(32)35-22-25(11-5)17-14-8-2/h24-27H,7-23H2,1-6H3. The van der Waals surface area contributed by atoms with Crippen molar-refractivity contribution < 1.29 is 28.6 Å². The van der Waals surface area contributed by atoms with E-state index in [4.69, 9.17) is 14.2 Å². The lowest BCUT2D eigenvalue weighted by atomic mass is 9.99. The fourth-order valence-electron chi connectivity index (χ4n) is 4.19. The first-order chi connectivity index (χ1) is 17.3. The van der Waals surface area contributed by atoms with E-state index in [1.54, 1.807) is 0 Å². The molecule has 0 amide bonds. The summed E-state index contributed by atoms with van der Waals surface area (Å²) in [6, 6.07) is 0. The second kappa shape index (κ2) is 22.6. The third-order valence-corrected chi connectivity index (χ3v) is 7.21. The fourth-order valence-corrected chi connectivity index (χ4v) is 4.19. The molecule has 0 aromatic rings. The van der Waals surface area contributed by atoms with Gasteiger partial charge in [-0.15, -0.1) is 0 Å². The average molecular weight is 513 g/mol. The van der Waals surface area contributed by atoms with Crippen LogP contribution in [0.2, 0.25) is 0 Å². The summed E-state index contributed by atoms with van der Waals surface area (Å²) < 4.78 is 16.6. The molecular formula is C30H56O6. The Hall–Kier alpha value is -1.59. The predicted molar refractivity (Wildman–Crippen MR) is 146 cm³/mol. The summed E-state index contributed by atoms with van der Waals surface area (Å²) >= 11 is 0. The first-order valence-corrected chi connectivity index (χ1v) is 14.8. The third kappa shape index (κ3) is 17.0. The first kappa shape index (κ1) is 34.4. The van der Waals surface area contributed by atoms with Crippen LogP contribution in [-0.2, 0) is 28.6 Å². The summed E-state index contributed by atoms with van der Waals surface area (Å²) in [4.78, 5) is 38.2. The average Bonchev–Trinajstić information content (AvgIpc) is 2.88. The summed E-state index contributed by atoms with van der Waals surface area (Å²) in [7, 11) is 0. The zero-order valence-electron chi connectivity index (χ0n) is 24.3. The molecule has 0 aromatic heterocycles. The lowest BCUT2D eigenvalue weighted by Gasteiger charge is -2.20. The summed E-state index contributed by atoms with van der Waals surface area (Å²) in [6.07, 6.45) is 12.1. The molecule has 6 heteroatoms. The topological polar surface area (TPSA) is 78.9 Å². The van der Waals surface area contributed by atoms with Gasteiger partial charge >= 0.3 is 17.9 Å². The number of carbonyl (C=O) groups is 3. The van der Waals surface area contributed by atoms with Crippen molar-refractivity contribution in [3.63, 3.8) is 0 Å². The van der Waals surface area contributed by atoms with E-state index in [0.717, 1.165) is 77.0 Å². The van der Waals surface area contributed by atoms with Crippen LogP contribution in [0.5, 0.6) is 0 Å². The molecule has 0 saturated carbocycles. The normalized spacial score (nSPS) is 14.5. The van der Waals surface area contributed by atoms with E-state index < -0.39 is 23.8 Å². The van der Waals surface area contributed by atoms with Crippen LogP contribution in [0.25, 0.3) is 0 Å². The minimum absolute atomic E-state index is 0.156. The molecule has 0 N–H and O–H groups in total. The van der Waals surface area contributed by atoms with Gasteiger partial charge in [0.1, 0.15) is 0 Å². The van der Waals surface area contributed by atoms with Crippen molar-refractivity contribution in [1.29, 1.82) is 0 Å². The predicted octanol–water partition coefficient (Wildman–Crippen LogP) is 7.66. The van der Waals surface area contributed by atoms with E-state index in [0.29, 0.717) is 37.6 Å². The Morgan fingerprint density at radius 1 is 0.528 bits per heavy atom. The summed E-state index contributed by atoms with van der Waals surface area (Å²) in [5.41, 5.74) is 0. The van der Waals surface area contributed by atoms with E-state index in [2.05, 4.69) is 41.5 Å². The molecule has 0 aromatic carbocycles. The molecule has 6 nitrogen and oxygen atoms in total. The minimum Gasteiger partial charge on any atom is -0.465 e. The van der Waals surface area contributed by atoms with Gasteiger partial charge in [-0.3, -0.25) is 14.4 Å². The van der Waals surface area contributed by atoms with Gasteiger partial charge in [-0.1, -0.05) is 99.3 Å². The second-order valence-electron chi connectivity index (χ2n) is 10.4. The fraction of sp³-hybridized carbons (Fsp3) is 0.900. The summed E-state index contributed by atoms with van der Waals surface area (Å²) in [5.74, 6) is -1.35. The molecule has 0 aliphatic carbocycles. The van der Waals surface area contributed by atoms with Crippen LogP contribution in [0.4, 0.5) is 0 Å². The largest absolute Gasteiger partial charge is 0.465 e. The van der Waals surface area contributed by atoms with Crippen molar-refractivity contribution in [3.8, 4) is 0 Å². The lowest BCUT2D eigenvalue weighted by Crippen LogP contribution is -2.28. The molecule has 3 atom stereocenters. The van der Waals surface area contributed by atoms with E-state index in [1.165, 1.54) is 0 Å². The number of rotatable bonds is 23. The number of hydrogen-bond donors (Lipinski definition) is 0. The molecule has 0 aliphatic heterocycles. The van der Waals surface area contributed by atoms with Crippen LogP contribution in [0.1, 0.15) is 131 Å². The Balaban J connectivity index is 5.05. The Morgan fingerprint density at radius 2 is 0.861 bits per heavy atom. The highest BCUT2D eigenvalue weighted by Crippen LogP contribution is 2.20. The molecule has 0 rings (SSSR count). The van der Waals surface area contributed by atoms with Crippen molar-refractivity contribution in [2.24, 2.45) is 23.7 Å². The molecule has 36 heavy (non-hydrogen) atoms. The molecular weight excluding hydrogens is 456 g/mol. The maximum Gasteiger partial charge on any atom is 0.310 e. The van der Waals surface area contributed by atoms with Gasteiger partial charge in [0, 0.05) is 0 Å². The molecule has 0 radical (unpaired) electrons. The Bertz CT molecular complexity index is 542. The van der Waals surface area contributed by atoms with Crippen LogP contribution < -0.4 is 0 Å². The Kier molecular flexibility index (Phi) is 21.6. The monoisotopic (exact) mass is 512 g/mol. The van der Waals surface area contributed by atoms with Crippen molar-refractivity contribution in [2.75, 3.05) is 19.8 Å². The molecule has 212 valence electrons. The highest BCUT2D eigenvalue weighted by Gasteiger charge is 2.29. The van der Waals surface area contributed by atoms with Crippen molar-refractivity contribution in [2.45, 2.75) is 131 Å². The zero-order chi connectivity index (χ0) is 27.2. The van der Waals surface area contributed by atoms with Crippen LogP contribution in [-0.4, -0.2) is 37.7 Å². The number of hydrogen-bond acceptors (Lipinski definition) is 6. The van der Waals surface area contributed by atoms with Gasteiger partial charge < -0.3 is 14.2 Å². The number of esters is 3. The van der Waals surface area contributed by atoms with Crippen molar-refractivity contribution in [3.05, 3.63) is 0 Å². The molecule has 0 heterocycles. The quantitative estimate of drug-likeness (QED) is 0.103. The number of unbranched alkanes of at least 4 members (excludes halogenated alkanes) is 3. The molecule has 0 bridgehead atoms. The molecule has 0 aliphatic rings. The van der Waals surface area contributed by atoms with Crippen LogP contribution in [0.3, 0.4) is 0 Å².